The van der Waals surface area contributed by atoms with Crippen molar-refractivity contribution in [3.63, 3.8) is 0 Å². The molecule has 212 valence electrons. The fraction of sp³-hybridized carbons (Fsp3) is 0.444. The Morgan fingerprint density at radius 1 is 1.00 bits per heavy atom. The maximum Gasteiger partial charge on any atom is 0.159 e. The fourth-order valence-corrected chi connectivity index (χ4v) is 5.74. The summed E-state index contributed by atoms with van der Waals surface area (Å²) < 4.78 is 2.21. The SMILES string of the molecule is CCCC/C=C(/C(C)=O)C1=C(C)CN(C(=C2CCC2)c2cnc3ccccn23)CC1.CCc1cccc(CC)c1. The Labute approximate surface area is 241 Å². The minimum Gasteiger partial charge on any atom is -0.365 e. The molecule has 1 fully saturated rings. The molecular formula is C36H47N3O. The molecule has 3 heterocycles. The highest BCUT2D eigenvalue weighted by Gasteiger charge is 2.27. The third-order valence-corrected chi connectivity index (χ3v) is 8.26. The third kappa shape index (κ3) is 7.02. The van der Waals surface area contributed by atoms with Crippen molar-refractivity contribution >= 4 is 17.1 Å². The van der Waals surface area contributed by atoms with Gasteiger partial charge in [-0.15, -0.1) is 0 Å². The molecule has 0 atom stereocenters. The molecule has 3 aromatic rings. The van der Waals surface area contributed by atoms with E-state index in [2.05, 4.69) is 90.7 Å². The van der Waals surface area contributed by atoms with Crippen molar-refractivity contribution in [2.24, 2.45) is 0 Å². The van der Waals surface area contributed by atoms with Crippen LogP contribution in [0.1, 0.15) is 96.4 Å². The lowest BCUT2D eigenvalue weighted by Gasteiger charge is -2.37. The number of aromatic nitrogens is 2. The average molecular weight is 538 g/mol. The lowest BCUT2D eigenvalue weighted by molar-refractivity contribution is -0.113. The lowest BCUT2D eigenvalue weighted by Crippen LogP contribution is -2.32. The van der Waals surface area contributed by atoms with Crippen molar-refractivity contribution in [1.29, 1.82) is 0 Å². The third-order valence-electron chi connectivity index (χ3n) is 8.26. The highest BCUT2D eigenvalue weighted by molar-refractivity contribution is 5.98. The molecule has 2 aromatic heterocycles. The van der Waals surface area contributed by atoms with E-state index < -0.39 is 0 Å². The normalized spacial score (nSPS) is 15.6. The number of carbonyl (C=O) groups is 1. The van der Waals surface area contributed by atoms with Crippen molar-refractivity contribution in [2.75, 3.05) is 13.1 Å². The van der Waals surface area contributed by atoms with Crippen LogP contribution in [0.15, 0.2) is 83.2 Å². The van der Waals surface area contributed by atoms with Gasteiger partial charge in [0.25, 0.3) is 0 Å². The van der Waals surface area contributed by atoms with Gasteiger partial charge in [0, 0.05) is 24.9 Å². The molecule has 0 bridgehead atoms. The number of fused-ring (bicyclic) bond motifs is 1. The number of carbonyl (C=O) groups excluding carboxylic acids is 1. The van der Waals surface area contributed by atoms with Crippen LogP contribution in [0.25, 0.3) is 11.3 Å². The Balaban J connectivity index is 0.000000312. The molecular weight excluding hydrogens is 490 g/mol. The average Bonchev–Trinajstić information content (AvgIpc) is 3.37. The molecule has 5 rings (SSSR count). The molecule has 4 heteroatoms. The summed E-state index contributed by atoms with van der Waals surface area (Å²) in [6.45, 7) is 12.3. The van der Waals surface area contributed by atoms with E-state index >= 15 is 0 Å². The number of pyridine rings is 1. The summed E-state index contributed by atoms with van der Waals surface area (Å²) in [5, 5.41) is 0. The minimum atomic E-state index is 0.202. The van der Waals surface area contributed by atoms with E-state index in [1.54, 1.807) is 12.5 Å². The highest BCUT2D eigenvalue weighted by atomic mass is 16.1. The maximum absolute atomic E-state index is 12.4. The van der Waals surface area contributed by atoms with Crippen molar-refractivity contribution < 1.29 is 4.79 Å². The van der Waals surface area contributed by atoms with E-state index in [1.807, 2.05) is 12.3 Å². The summed E-state index contributed by atoms with van der Waals surface area (Å²) in [4.78, 5) is 19.5. The lowest BCUT2D eigenvalue weighted by atomic mass is 9.87. The number of rotatable bonds is 9. The zero-order chi connectivity index (χ0) is 28.5. The van der Waals surface area contributed by atoms with Crippen LogP contribution in [0.2, 0.25) is 0 Å². The summed E-state index contributed by atoms with van der Waals surface area (Å²) in [7, 11) is 0. The van der Waals surface area contributed by atoms with Crippen LogP contribution in [0.5, 0.6) is 0 Å². The molecule has 0 N–H and O–H groups in total. The van der Waals surface area contributed by atoms with E-state index in [-0.39, 0.29) is 5.78 Å². The second kappa shape index (κ2) is 14.3. The van der Waals surface area contributed by atoms with E-state index in [9.17, 15) is 4.79 Å². The van der Waals surface area contributed by atoms with Crippen molar-refractivity contribution in [3.8, 4) is 0 Å². The number of allylic oxidation sites excluding steroid dienone is 3. The van der Waals surface area contributed by atoms with E-state index in [0.29, 0.717) is 0 Å². The monoisotopic (exact) mass is 537 g/mol. The highest BCUT2D eigenvalue weighted by Crippen LogP contribution is 2.38. The number of hydrogen-bond donors (Lipinski definition) is 0. The summed E-state index contributed by atoms with van der Waals surface area (Å²) in [5.41, 5.74) is 11.5. The Morgan fingerprint density at radius 2 is 1.75 bits per heavy atom. The second-order valence-corrected chi connectivity index (χ2v) is 11.2. The van der Waals surface area contributed by atoms with Crippen LogP contribution in [0.4, 0.5) is 0 Å². The smallest absolute Gasteiger partial charge is 0.159 e. The Morgan fingerprint density at radius 3 is 2.35 bits per heavy atom. The number of ketones is 1. The molecule has 1 aromatic carbocycles. The summed E-state index contributed by atoms with van der Waals surface area (Å²) in [6, 6.07) is 14.9. The molecule has 1 saturated carbocycles. The van der Waals surface area contributed by atoms with Gasteiger partial charge < -0.3 is 4.90 Å². The largest absolute Gasteiger partial charge is 0.365 e. The number of imidazole rings is 1. The molecule has 40 heavy (non-hydrogen) atoms. The minimum absolute atomic E-state index is 0.202. The molecule has 1 aliphatic carbocycles. The molecule has 4 nitrogen and oxygen atoms in total. The first kappa shape index (κ1) is 29.6. The van der Waals surface area contributed by atoms with Crippen LogP contribution in [-0.4, -0.2) is 33.2 Å². The molecule has 0 radical (unpaired) electrons. The predicted molar refractivity (Wildman–Crippen MR) is 168 cm³/mol. The number of nitrogens with zero attached hydrogens (tertiary/aromatic N) is 3. The summed E-state index contributed by atoms with van der Waals surface area (Å²) in [5.74, 6) is 0.202. The van der Waals surface area contributed by atoms with Gasteiger partial charge in [0.2, 0.25) is 0 Å². The fourth-order valence-electron chi connectivity index (χ4n) is 5.74. The van der Waals surface area contributed by atoms with Crippen LogP contribution >= 0.6 is 0 Å². The molecule has 1 aliphatic heterocycles. The summed E-state index contributed by atoms with van der Waals surface area (Å²) in [6.07, 6.45) is 16.4. The van der Waals surface area contributed by atoms with Crippen molar-refractivity contribution in [2.45, 2.75) is 92.4 Å². The topological polar surface area (TPSA) is 37.6 Å². The second-order valence-electron chi connectivity index (χ2n) is 11.2. The number of Topliss-reactive ketones (excluding diaryl/α,β-unsaturated/α-hetero) is 1. The van der Waals surface area contributed by atoms with Gasteiger partial charge in [-0.3, -0.25) is 9.20 Å². The van der Waals surface area contributed by atoms with Gasteiger partial charge in [0.05, 0.1) is 17.6 Å². The van der Waals surface area contributed by atoms with Gasteiger partial charge in [-0.05, 0) is 93.2 Å². The van der Waals surface area contributed by atoms with Crippen LogP contribution in [0.3, 0.4) is 0 Å². The van der Waals surface area contributed by atoms with Crippen molar-refractivity contribution in [1.82, 2.24) is 14.3 Å². The summed E-state index contributed by atoms with van der Waals surface area (Å²) >= 11 is 0. The first-order valence-electron chi connectivity index (χ1n) is 15.3. The first-order chi connectivity index (χ1) is 19.5. The van der Waals surface area contributed by atoms with Crippen LogP contribution in [0, 0.1) is 0 Å². The quantitative estimate of drug-likeness (QED) is 0.202. The van der Waals surface area contributed by atoms with Crippen LogP contribution in [-0.2, 0) is 17.6 Å². The van der Waals surface area contributed by atoms with E-state index in [1.165, 1.54) is 52.9 Å². The maximum atomic E-state index is 12.4. The number of aryl methyl sites for hydroxylation is 2. The predicted octanol–water partition coefficient (Wildman–Crippen LogP) is 8.77. The zero-order valence-electron chi connectivity index (χ0n) is 25.3. The molecule has 0 saturated heterocycles. The van der Waals surface area contributed by atoms with Gasteiger partial charge in [-0.25, -0.2) is 4.98 Å². The zero-order valence-corrected chi connectivity index (χ0v) is 25.3. The Kier molecular flexibility index (Phi) is 10.6. The van der Waals surface area contributed by atoms with Crippen LogP contribution < -0.4 is 0 Å². The molecule has 0 amide bonds. The van der Waals surface area contributed by atoms with Gasteiger partial charge in [0.15, 0.2) is 5.78 Å². The number of unbranched alkanes of at least 4 members (excludes halogenated alkanes) is 2. The van der Waals surface area contributed by atoms with Gasteiger partial charge in [0.1, 0.15) is 5.65 Å². The molecule has 0 spiro atoms. The molecule has 0 unspecified atom stereocenters. The molecule has 2 aliphatic rings. The van der Waals surface area contributed by atoms with E-state index in [0.717, 1.165) is 62.8 Å². The first-order valence-corrected chi connectivity index (χ1v) is 15.3. The Hall–Kier alpha value is -3.40. The number of hydrogen-bond acceptors (Lipinski definition) is 3. The van der Waals surface area contributed by atoms with Crippen molar-refractivity contribution in [3.05, 3.63) is 100 Å². The van der Waals surface area contributed by atoms with E-state index in [4.69, 9.17) is 0 Å². The number of benzene rings is 1. The van der Waals surface area contributed by atoms with Gasteiger partial charge in [-0.1, -0.05) is 75.6 Å². The van der Waals surface area contributed by atoms with Gasteiger partial charge in [-0.2, -0.15) is 0 Å². The standard InChI is InChI=1S/C26H33N3O.C10H14/c1-4-5-6-12-23(20(3)30)22-14-16-28(18-19(22)2)26(21-10-9-11-21)24-17-27-25-13-7-8-15-29(24)25;1-3-9-6-5-7-10(4-2)8-9/h7-8,12-13,15,17H,4-6,9-11,14,16,18H2,1-3H3;5-8H,3-4H2,1-2H3/b23-12-;. The Bertz CT molecular complexity index is 1380. The van der Waals surface area contributed by atoms with Gasteiger partial charge >= 0.3 is 0 Å².